The number of fused-ring (bicyclic) bond motifs is 1. The number of imidazole rings is 1. The lowest BCUT2D eigenvalue weighted by Crippen LogP contribution is -2.39. The summed E-state index contributed by atoms with van der Waals surface area (Å²) in [5.74, 6) is 0.694. The first-order valence-corrected chi connectivity index (χ1v) is 11.9. The summed E-state index contributed by atoms with van der Waals surface area (Å²) in [7, 11) is 0. The lowest BCUT2D eigenvalue weighted by molar-refractivity contribution is -0.120. The summed E-state index contributed by atoms with van der Waals surface area (Å²) in [5.41, 5.74) is 4.95. The van der Waals surface area contributed by atoms with Gasteiger partial charge < -0.3 is 14.8 Å². The number of aromatic nitrogens is 2. The number of piperidine rings is 1. The topological polar surface area (TPSA) is 50.2 Å². The number of nitrogens with zero attached hydrogens (tertiary/aromatic N) is 3. The zero-order valence-electron chi connectivity index (χ0n) is 19.4. The van der Waals surface area contributed by atoms with E-state index in [2.05, 4.69) is 39.9 Å². The number of para-hydroxylation sites is 2. The molecule has 2 heterocycles. The second kappa shape index (κ2) is 9.67. The van der Waals surface area contributed by atoms with Gasteiger partial charge in [0.25, 0.3) is 0 Å². The number of carbonyl (C=O) groups is 1. The maximum atomic E-state index is 13.8. The van der Waals surface area contributed by atoms with E-state index in [9.17, 15) is 9.18 Å². The molecule has 1 aliphatic heterocycles. The minimum absolute atomic E-state index is 0.0249. The lowest BCUT2D eigenvalue weighted by atomic mass is 9.96. The normalized spacial score (nSPS) is 14.5. The van der Waals surface area contributed by atoms with E-state index in [1.165, 1.54) is 11.6 Å². The third-order valence-electron chi connectivity index (χ3n) is 6.64. The van der Waals surface area contributed by atoms with Crippen LogP contribution in [0.5, 0.6) is 0 Å². The van der Waals surface area contributed by atoms with E-state index in [-0.39, 0.29) is 17.6 Å². The Kier molecular flexibility index (Phi) is 6.30. The molecule has 1 N–H and O–H groups in total. The first kappa shape index (κ1) is 22.1. The van der Waals surface area contributed by atoms with Gasteiger partial charge in [-0.2, -0.15) is 0 Å². The molecular formula is C28H29FN4O. The van der Waals surface area contributed by atoms with Crippen molar-refractivity contribution in [2.75, 3.05) is 23.3 Å². The summed E-state index contributed by atoms with van der Waals surface area (Å²) in [6, 6.07) is 22.8. The summed E-state index contributed by atoms with van der Waals surface area (Å²) in [4.78, 5) is 20.0. The minimum atomic E-state index is -0.236. The fourth-order valence-electron chi connectivity index (χ4n) is 4.69. The molecule has 0 unspecified atom stereocenters. The number of hydrogen-bond acceptors (Lipinski definition) is 3. The van der Waals surface area contributed by atoms with Crippen LogP contribution in [0.15, 0.2) is 72.8 Å². The Morgan fingerprint density at radius 3 is 2.50 bits per heavy atom. The highest BCUT2D eigenvalue weighted by molar-refractivity contribution is 5.92. The van der Waals surface area contributed by atoms with Gasteiger partial charge >= 0.3 is 0 Å². The molecule has 174 valence electrons. The van der Waals surface area contributed by atoms with E-state index in [0.29, 0.717) is 6.54 Å². The van der Waals surface area contributed by atoms with Crippen LogP contribution in [0.3, 0.4) is 0 Å². The number of carbonyl (C=O) groups excluding carboxylic acids is 1. The van der Waals surface area contributed by atoms with Crippen LogP contribution in [0.2, 0.25) is 0 Å². The Balaban J connectivity index is 1.31. The molecular weight excluding hydrogens is 427 g/mol. The van der Waals surface area contributed by atoms with Crippen molar-refractivity contribution in [3.8, 4) is 0 Å². The molecule has 4 aromatic rings. The summed E-state index contributed by atoms with van der Waals surface area (Å²) in [5, 5.41) is 3.07. The molecule has 1 aromatic heterocycles. The van der Waals surface area contributed by atoms with Crippen LogP contribution >= 0.6 is 0 Å². The van der Waals surface area contributed by atoms with Crippen molar-refractivity contribution in [1.29, 1.82) is 0 Å². The van der Waals surface area contributed by atoms with E-state index in [1.54, 1.807) is 12.1 Å². The minimum Gasteiger partial charge on any atom is -0.342 e. The smallest absolute Gasteiger partial charge is 0.227 e. The summed E-state index contributed by atoms with van der Waals surface area (Å²) in [6.45, 7) is 4.16. The van der Waals surface area contributed by atoms with Crippen LogP contribution < -0.4 is 10.2 Å². The van der Waals surface area contributed by atoms with E-state index in [4.69, 9.17) is 4.98 Å². The van der Waals surface area contributed by atoms with Gasteiger partial charge in [0.15, 0.2) is 0 Å². The standard InChI is InChI=1S/C28H29FN4O/c1-2-20-10-12-24(13-11-20)30-27(34)22-14-16-32(17-15-22)28-31-25-8-3-4-9-26(25)33(28)19-21-6-5-7-23(29)18-21/h3-13,18,22H,2,14-17,19H2,1H3,(H,30,34). The predicted molar refractivity (Wildman–Crippen MR) is 135 cm³/mol. The van der Waals surface area contributed by atoms with E-state index in [0.717, 1.165) is 60.6 Å². The second-order valence-electron chi connectivity index (χ2n) is 8.92. The number of aryl methyl sites for hydroxylation is 1. The van der Waals surface area contributed by atoms with Crippen molar-refractivity contribution < 1.29 is 9.18 Å². The maximum absolute atomic E-state index is 13.8. The first-order valence-electron chi connectivity index (χ1n) is 11.9. The number of amides is 1. The van der Waals surface area contributed by atoms with Gasteiger partial charge in [0.2, 0.25) is 11.9 Å². The average molecular weight is 457 g/mol. The molecule has 6 heteroatoms. The van der Waals surface area contributed by atoms with Gasteiger partial charge in [0, 0.05) is 24.7 Å². The summed E-state index contributed by atoms with van der Waals surface area (Å²) in [6.07, 6.45) is 2.51. The molecule has 1 fully saturated rings. The zero-order chi connectivity index (χ0) is 23.5. The lowest BCUT2D eigenvalue weighted by Gasteiger charge is -2.32. The van der Waals surface area contributed by atoms with Crippen LogP contribution in [0.1, 0.15) is 30.9 Å². The van der Waals surface area contributed by atoms with Gasteiger partial charge in [-0.05, 0) is 66.8 Å². The van der Waals surface area contributed by atoms with Crippen molar-refractivity contribution in [3.05, 3.63) is 89.7 Å². The Labute approximate surface area is 199 Å². The van der Waals surface area contributed by atoms with E-state index >= 15 is 0 Å². The van der Waals surface area contributed by atoms with Gasteiger partial charge in [-0.3, -0.25) is 4.79 Å². The molecule has 0 saturated carbocycles. The molecule has 0 spiro atoms. The largest absolute Gasteiger partial charge is 0.342 e. The highest BCUT2D eigenvalue weighted by atomic mass is 19.1. The molecule has 34 heavy (non-hydrogen) atoms. The molecule has 5 rings (SSSR count). The Morgan fingerprint density at radius 1 is 1.00 bits per heavy atom. The van der Waals surface area contributed by atoms with Crippen molar-refractivity contribution in [1.82, 2.24) is 9.55 Å². The van der Waals surface area contributed by atoms with Crippen LogP contribution in [0, 0.1) is 11.7 Å². The number of rotatable bonds is 6. The molecule has 1 aliphatic rings. The first-order chi connectivity index (χ1) is 16.6. The van der Waals surface area contributed by atoms with Crippen molar-refractivity contribution in [3.63, 3.8) is 0 Å². The Bertz CT molecular complexity index is 1290. The quantitative estimate of drug-likeness (QED) is 0.408. The molecule has 5 nitrogen and oxygen atoms in total. The van der Waals surface area contributed by atoms with Gasteiger partial charge in [-0.1, -0.05) is 43.3 Å². The molecule has 0 atom stereocenters. The SMILES string of the molecule is CCc1ccc(NC(=O)C2CCN(c3nc4ccccc4n3Cc3cccc(F)c3)CC2)cc1. The van der Waals surface area contributed by atoms with Crippen LogP contribution in [0.25, 0.3) is 11.0 Å². The third-order valence-corrected chi connectivity index (χ3v) is 6.64. The highest BCUT2D eigenvalue weighted by Crippen LogP contribution is 2.28. The predicted octanol–water partition coefficient (Wildman–Crippen LogP) is 5.64. The third kappa shape index (κ3) is 4.67. The number of benzene rings is 3. The van der Waals surface area contributed by atoms with Crippen LogP contribution in [-0.4, -0.2) is 28.5 Å². The number of halogens is 1. The highest BCUT2D eigenvalue weighted by Gasteiger charge is 2.28. The molecule has 3 aromatic carbocycles. The summed E-state index contributed by atoms with van der Waals surface area (Å²) >= 11 is 0. The molecule has 1 amide bonds. The number of anilines is 2. The fraction of sp³-hybridized carbons (Fsp3) is 0.286. The number of nitrogens with one attached hydrogen (secondary N) is 1. The monoisotopic (exact) mass is 456 g/mol. The van der Waals surface area contributed by atoms with Gasteiger partial charge in [-0.15, -0.1) is 0 Å². The number of hydrogen-bond donors (Lipinski definition) is 1. The van der Waals surface area contributed by atoms with Gasteiger partial charge in [0.05, 0.1) is 17.6 Å². The zero-order valence-corrected chi connectivity index (χ0v) is 19.4. The molecule has 0 radical (unpaired) electrons. The maximum Gasteiger partial charge on any atom is 0.227 e. The van der Waals surface area contributed by atoms with Gasteiger partial charge in [0.1, 0.15) is 5.82 Å². The fourth-order valence-corrected chi connectivity index (χ4v) is 4.69. The van der Waals surface area contributed by atoms with E-state index in [1.807, 2.05) is 36.4 Å². The van der Waals surface area contributed by atoms with Crippen molar-refractivity contribution in [2.45, 2.75) is 32.7 Å². The molecule has 0 bridgehead atoms. The van der Waals surface area contributed by atoms with Gasteiger partial charge in [-0.25, -0.2) is 9.37 Å². The summed E-state index contributed by atoms with van der Waals surface area (Å²) < 4.78 is 16.0. The van der Waals surface area contributed by atoms with Crippen LogP contribution in [-0.2, 0) is 17.8 Å². The molecule has 0 aliphatic carbocycles. The Morgan fingerprint density at radius 2 is 1.76 bits per heavy atom. The van der Waals surface area contributed by atoms with Crippen molar-refractivity contribution >= 4 is 28.6 Å². The average Bonchev–Trinajstić information content (AvgIpc) is 3.23. The van der Waals surface area contributed by atoms with Crippen LogP contribution in [0.4, 0.5) is 16.0 Å². The second-order valence-corrected chi connectivity index (χ2v) is 8.92. The van der Waals surface area contributed by atoms with Crippen molar-refractivity contribution in [2.24, 2.45) is 5.92 Å². The molecule has 1 saturated heterocycles. The Hall–Kier alpha value is -3.67. The van der Waals surface area contributed by atoms with E-state index < -0.39 is 0 Å².